The molecule has 1 saturated carbocycles. The van der Waals surface area contributed by atoms with Gasteiger partial charge in [-0.2, -0.15) is 4.98 Å². The summed E-state index contributed by atoms with van der Waals surface area (Å²) in [5, 5.41) is 28.8. The number of hydrogen-bond acceptors (Lipinski definition) is 9. The number of unbranched alkanes of at least 4 members (excludes halogenated alkanes) is 1. The zero-order valence-corrected chi connectivity index (χ0v) is 20.2. The van der Waals surface area contributed by atoms with Gasteiger partial charge in [-0.05, 0) is 50.2 Å². The lowest BCUT2D eigenvalue weighted by atomic mass is 9.87. The fourth-order valence-electron chi connectivity index (χ4n) is 4.52. The maximum Gasteiger partial charge on any atom is 0.224 e. The summed E-state index contributed by atoms with van der Waals surface area (Å²) in [7, 11) is 0. The largest absolute Gasteiger partial charge is 0.393 e. The molecule has 5 N–H and O–H groups in total. The highest BCUT2D eigenvalue weighted by atomic mass is 16.3. The van der Waals surface area contributed by atoms with Crippen molar-refractivity contribution in [1.82, 2.24) is 20.3 Å². The summed E-state index contributed by atoms with van der Waals surface area (Å²) in [6.07, 6.45) is 9.23. The van der Waals surface area contributed by atoms with Gasteiger partial charge in [-0.1, -0.05) is 13.3 Å². The zero-order chi connectivity index (χ0) is 23.8. The van der Waals surface area contributed by atoms with Crippen LogP contribution in [0, 0.1) is 11.3 Å². The van der Waals surface area contributed by atoms with Crippen LogP contribution in [0.2, 0.25) is 0 Å². The van der Waals surface area contributed by atoms with E-state index < -0.39 is 0 Å². The molecule has 0 unspecified atom stereocenters. The highest BCUT2D eigenvalue weighted by Gasteiger charge is 2.21. The van der Waals surface area contributed by atoms with Crippen molar-refractivity contribution in [2.45, 2.75) is 51.6 Å². The molecule has 0 atom stereocenters. The lowest BCUT2D eigenvalue weighted by molar-refractivity contribution is 0.111. The number of nitrogens with one attached hydrogen (secondary N) is 4. The van der Waals surface area contributed by atoms with Crippen LogP contribution in [0.25, 0.3) is 0 Å². The van der Waals surface area contributed by atoms with E-state index in [4.69, 9.17) is 10.4 Å². The van der Waals surface area contributed by atoms with Gasteiger partial charge in [0.15, 0.2) is 0 Å². The molecule has 0 spiro atoms. The topological polar surface area (TPSA) is 122 Å². The second-order valence-electron chi connectivity index (χ2n) is 9.31. The molecule has 2 aromatic heterocycles. The summed E-state index contributed by atoms with van der Waals surface area (Å²) >= 11 is 0. The molecule has 0 radical (unpaired) electrons. The summed E-state index contributed by atoms with van der Waals surface area (Å²) < 4.78 is 0. The van der Waals surface area contributed by atoms with Gasteiger partial charge in [0.05, 0.1) is 17.4 Å². The molecule has 9 nitrogen and oxygen atoms in total. The van der Waals surface area contributed by atoms with Gasteiger partial charge in [-0.3, -0.25) is 5.41 Å². The van der Waals surface area contributed by atoms with Crippen LogP contribution in [-0.4, -0.2) is 71.1 Å². The predicted octanol–water partition coefficient (Wildman–Crippen LogP) is 2.87. The molecular weight excluding hydrogens is 428 g/mol. The molecule has 0 aromatic carbocycles. The van der Waals surface area contributed by atoms with Crippen LogP contribution >= 0.6 is 0 Å². The lowest BCUT2D eigenvalue weighted by Crippen LogP contribution is -2.43. The molecule has 0 amide bonds. The minimum Gasteiger partial charge on any atom is -0.393 e. The van der Waals surface area contributed by atoms with Crippen molar-refractivity contribution in [1.29, 1.82) is 5.41 Å². The first-order valence-corrected chi connectivity index (χ1v) is 12.7. The smallest absolute Gasteiger partial charge is 0.224 e. The van der Waals surface area contributed by atoms with Crippen LogP contribution in [0.5, 0.6) is 0 Å². The first kappa shape index (κ1) is 24.3. The summed E-state index contributed by atoms with van der Waals surface area (Å²) in [6, 6.07) is 3.96. The van der Waals surface area contributed by atoms with Crippen molar-refractivity contribution in [3.05, 3.63) is 35.7 Å². The molecule has 184 valence electrons. The average Bonchev–Trinajstić information content (AvgIpc) is 2.89. The van der Waals surface area contributed by atoms with Crippen LogP contribution in [0.4, 0.5) is 17.6 Å². The fourth-order valence-corrected chi connectivity index (χ4v) is 4.52. The summed E-state index contributed by atoms with van der Waals surface area (Å²) in [5.74, 6) is 2.70. The molecule has 3 heterocycles. The maximum atomic E-state index is 9.81. The molecule has 4 rings (SSSR count). The second-order valence-corrected chi connectivity index (χ2v) is 9.31. The van der Waals surface area contributed by atoms with E-state index in [1.54, 1.807) is 12.4 Å². The third-order valence-electron chi connectivity index (χ3n) is 6.72. The maximum absolute atomic E-state index is 9.81. The number of aromatic nitrogens is 3. The standard InChI is InChI=1S/C25H38N8O/c1-2-3-10-28-25-31-17-21(24(32-25)30-15-18-4-7-20(34)8-5-18)23(26)19-6-9-22(29-16-19)33-13-11-27-12-14-33/h6,9,16-18,20,26-27,34H,2-5,7-8,10-15H2,1H3,(H2,28,30,31,32). The van der Waals surface area contributed by atoms with Crippen LogP contribution in [0.3, 0.4) is 0 Å². The minimum absolute atomic E-state index is 0.162. The van der Waals surface area contributed by atoms with Crippen LogP contribution < -0.4 is 20.9 Å². The summed E-state index contributed by atoms with van der Waals surface area (Å²) in [5.41, 5.74) is 1.78. The Kier molecular flexibility index (Phi) is 8.65. The van der Waals surface area contributed by atoms with Gasteiger partial charge in [0.1, 0.15) is 11.6 Å². The van der Waals surface area contributed by atoms with Gasteiger partial charge in [0.25, 0.3) is 0 Å². The molecule has 2 aliphatic rings. The van der Waals surface area contributed by atoms with Gasteiger partial charge >= 0.3 is 0 Å². The first-order chi connectivity index (χ1) is 16.6. The third kappa shape index (κ3) is 6.42. The lowest BCUT2D eigenvalue weighted by Gasteiger charge is -2.28. The van der Waals surface area contributed by atoms with Crippen molar-refractivity contribution in [3.8, 4) is 0 Å². The van der Waals surface area contributed by atoms with Crippen molar-refractivity contribution in [3.63, 3.8) is 0 Å². The van der Waals surface area contributed by atoms with Gasteiger partial charge in [0, 0.05) is 57.2 Å². The molecule has 0 bridgehead atoms. The molecule has 1 saturated heterocycles. The Morgan fingerprint density at radius 3 is 2.62 bits per heavy atom. The second kappa shape index (κ2) is 12.1. The molecule has 34 heavy (non-hydrogen) atoms. The monoisotopic (exact) mass is 466 g/mol. The van der Waals surface area contributed by atoms with Crippen LogP contribution in [-0.2, 0) is 0 Å². The number of nitrogens with zero attached hydrogens (tertiary/aromatic N) is 4. The number of pyridine rings is 1. The Balaban J connectivity index is 1.49. The van der Waals surface area contributed by atoms with Gasteiger partial charge in [-0.15, -0.1) is 0 Å². The minimum atomic E-state index is -0.162. The molecule has 9 heteroatoms. The van der Waals surface area contributed by atoms with Gasteiger partial charge < -0.3 is 26.0 Å². The van der Waals surface area contributed by atoms with Crippen LogP contribution in [0.15, 0.2) is 24.5 Å². The zero-order valence-electron chi connectivity index (χ0n) is 20.2. The van der Waals surface area contributed by atoms with E-state index in [0.29, 0.717) is 29.0 Å². The Hall–Kier alpha value is -2.78. The van der Waals surface area contributed by atoms with Crippen LogP contribution in [0.1, 0.15) is 56.6 Å². The first-order valence-electron chi connectivity index (χ1n) is 12.7. The predicted molar refractivity (Wildman–Crippen MR) is 137 cm³/mol. The fraction of sp³-hybridized carbons (Fsp3) is 0.600. The Labute approximate surface area is 202 Å². The number of aliphatic hydroxyl groups is 1. The van der Waals surface area contributed by atoms with Crippen molar-refractivity contribution in [2.75, 3.05) is 54.8 Å². The third-order valence-corrected chi connectivity index (χ3v) is 6.72. The molecule has 1 aliphatic heterocycles. The highest BCUT2D eigenvalue weighted by Crippen LogP contribution is 2.26. The van der Waals surface area contributed by atoms with Crippen molar-refractivity contribution >= 4 is 23.3 Å². The normalized spacial score (nSPS) is 20.7. The quantitative estimate of drug-likeness (QED) is 0.268. The van der Waals surface area contributed by atoms with E-state index in [9.17, 15) is 5.11 Å². The van der Waals surface area contributed by atoms with Gasteiger partial charge in [-0.25, -0.2) is 9.97 Å². The molecule has 2 fully saturated rings. The molecule has 2 aromatic rings. The summed E-state index contributed by atoms with van der Waals surface area (Å²) in [4.78, 5) is 16.1. The van der Waals surface area contributed by atoms with E-state index in [1.807, 2.05) is 12.1 Å². The Morgan fingerprint density at radius 2 is 1.91 bits per heavy atom. The number of anilines is 3. The summed E-state index contributed by atoms with van der Waals surface area (Å²) in [6.45, 7) is 7.56. The number of aliphatic hydroxyl groups excluding tert-OH is 1. The Bertz CT molecular complexity index is 921. The SMILES string of the molecule is CCCCNc1ncc(C(=N)c2ccc(N3CCNCC3)nc2)c(NCC2CCC(O)CC2)n1. The van der Waals surface area contributed by atoms with Crippen molar-refractivity contribution in [2.24, 2.45) is 5.92 Å². The van der Waals surface area contributed by atoms with E-state index in [-0.39, 0.29) is 6.10 Å². The number of rotatable bonds is 10. The number of piperazine rings is 1. The van der Waals surface area contributed by atoms with E-state index in [1.165, 1.54) is 0 Å². The van der Waals surface area contributed by atoms with Crippen molar-refractivity contribution < 1.29 is 5.11 Å². The molecular formula is C25H38N8O. The van der Waals surface area contributed by atoms with E-state index >= 15 is 0 Å². The van der Waals surface area contributed by atoms with E-state index in [2.05, 4.69) is 37.7 Å². The average molecular weight is 467 g/mol. The highest BCUT2D eigenvalue weighted by molar-refractivity contribution is 6.13. The Morgan fingerprint density at radius 1 is 1.12 bits per heavy atom. The molecule has 1 aliphatic carbocycles. The van der Waals surface area contributed by atoms with E-state index in [0.717, 1.165) is 89.2 Å². The van der Waals surface area contributed by atoms with Gasteiger partial charge in [0.2, 0.25) is 5.95 Å². The number of hydrogen-bond donors (Lipinski definition) is 5.